The highest BCUT2D eigenvalue weighted by Crippen LogP contribution is 2.12. The third-order valence-electron chi connectivity index (χ3n) is 3.43. The summed E-state index contributed by atoms with van der Waals surface area (Å²) in [6.45, 7) is 3.50. The standard InChI is InChI=1S/C13H26N2O2/c1-11(16)8-10-15(2)13(17)7-6-12-5-3-4-9-14-12/h11-12,14,16H,3-10H2,1-2H3. The molecule has 4 nitrogen and oxygen atoms in total. The number of rotatable bonds is 6. The summed E-state index contributed by atoms with van der Waals surface area (Å²) in [4.78, 5) is 13.5. The number of carbonyl (C=O) groups is 1. The third-order valence-corrected chi connectivity index (χ3v) is 3.43. The van der Waals surface area contributed by atoms with Crippen molar-refractivity contribution >= 4 is 5.91 Å². The van der Waals surface area contributed by atoms with Crippen LogP contribution in [0.25, 0.3) is 0 Å². The SMILES string of the molecule is CC(O)CCN(C)C(=O)CCC1CCCCN1. The molecular formula is C13H26N2O2. The summed E-state index contributed by atoms with van der Waals surface area (Å²) in [6, 6.07) is 0.526. The van der Waals surface area contributed by atoms with Crippen molar-refractivity contribution in [3.63, 3.8) is 0 Å². The molecule has 1 heterocycles. The van der Waals surface area contributed by atoms with Crippen LogP contribution < -0.4 is 5.32 Å². The molecule has 1 rings (SSSR count). The number of hydrogen-bond acceptors (Lipinski definition) is 3. The molecule has 2 N–H and O–H groups in total. The quantitative estimate of drug-likeness (QED) is 0.734. The van der Waals surface area contributed by atoms with E-state index in [1.807, 2.05) is 7.05 Å². The second-order valence-corrected chi connectivity index (χ2v) is 5.14. The van der Waals surface area contributed by atoms with E-state index in [1.165, 1.54) is 19.3 Å². The Labute approximate surface area is 104 Å². The first-order valence-electron chi connectivity index (χ1n) is 6.75. The van der Waals surface area contributed by atoms with Crippen LogP contribution in [0, 0.1) is 0 Å². The van der Waals surface area contributed by atoms with Gasteiger partial charge in [-0.15, -0.1) is 0 Å². The van der Waals surface area contributed by atoms with Gasteiger partial charge in [-0.2, -0.15) is 0 Å². The number of hydrogen-bond donors (Lipinski definition) is 2. The average Bonchev–Trinajstić information content (AvgIpc) is 2.34. The lowest BCUT2D eigenvalue weighted by atomic mass is 10.0. The summed E-state index contributed by atoms with van der Waals surface area (Å²) in [5.41, 5.74) is 0. The minimum Gasteiger partial charge on any atom is -0.393 e. The number of amides is 1. The second kappa shape index (κ2) is 7.67. The van der Waals surface area contributed by atoms with Gasteiger partial charge >= 0.3 is 0 Å². The van der Waals surface area contributed by atoms with Crippen LogP contribution in [0.5, 0.6) is 0 Å². The molecule has 100 valence electrons. The smallest absolute Gasteiger partial charge is 0.222 e. The molecule has 0 aromatic carbocycles. The molecule has 2 unspecified atom stereocenters. The Morgan fingerprint density at radius 3 is 2.88 bits per heavy atom. The number of nitrogens with one attached hydrogen (secondary N) is 1. The maximum atomic E-state index is 11.8. The lowest BCUT2D eigenvalue weighted by Gasteiger charge is -2.24. The normalized spacial score (nSPS) is 22.2. The Hall–Kier alpha value is -0.610. The molecule has 0 aliphatic carbocycles. The lowest BCUT2D eigenvalue weighted by Crippen LogP contribution is -2.36. The van der Waals surface area contributed by atoms with Gasteiger partial charge in [0.25, 0.3) is 0 Å². The molecule has 0 radical (unpaired) electrons. The zero-order valence-corrected chi connectivity index (χ0v) is 11.1. The molecule has 4 heteroatoms. The van der Waals surface area contributed by atoms with Crippen LogP contribution in [0.3, 0.4) is 0 Å². The van der Waals surface area contributed by atoms with Crippen molar-refractivity contribution in [1.82, 2.24) is 10.2 Å². The van der Waals surface area contributed by atoms with Gasteiger partial charge in [-0.3, -0.25) is 4.79 Å². The van der Waals surface area contributed by atoms with Crippen LogP contribution in [0.4, 0.5) is 0 Å². The Bertz CT molecular complexity index is 225. The molecule has 17 heavy (non-hydrogen) atoms. The molecule has 1 saturated heterocycles. The van der Waals surface area contributed by atoms with Gasteiger partial charge in [0.05, 0.1) is 6.10 Å². The van der Waals surface area contributed by atoms with Crippen LogP contribution in [0.2, 0.25) is 0 Å². The number of nitrogens with zero attached hydrogens (tertiary/aromatic N) is 1. The zero-order valence-electron chi connectivity index (χ0n) is 11.1. The van der Waals surface area contributed by atoms with Gasteiger partial charge in [-0.25, -0.2) is 0 Å². The predicted octanol–water partition coefficient (Wildman–Crippen LogP) is 1.14. The van der Waals surface area contributed by atoms with E-state index in [-0.39, 0.29) is 12.0 Å². The molecule has 2 atom stereocenters. The molecule has 1 fully saturated rings. The van der Waals surface area contributed by atoms with E-state index in [1.54, 1.807) is 11.8 Å². The van der Waals surface area contributed by atoms with E-state index >= 15 is 0 Å². The van der Waals surface area contributed by atoms with Crippen LogP contribution >= 0.6 is 0 Å². The van der Waals surface area contributed by atoms with E-state index < -0.39 is 0 Å². The minimum absolute atomic E-state index is 0.193. The van der Waals surface area contributed by atoms with E-state index in [0.29, 0.717) is 25.4 Å². The largest absolute Gasteiger partial charge is 0.393 e. The van der Waals surface area contributed by atoms with Gasteiger partial charge in [0.1, 0.15) is 0 Å². The molecule has 0 bridgehead atoms. The van der Waals surface area contributed by atoms with Gasteiger partial charge in [-0.05, 0) is 39.2 Å². The van der Waals surface area contributed by atoms with Gasteiger partial charge in [0, 0.05) is 26.1 Å². The van der Waals surface area contributed by atoms with Crippen molar-refractivity contribution in [3.8, 4) is 0 Å². The first kappa shape index (κ1) is 14.5. The van der Waals surface area contributed by atoms with Crippen LogP contribution in [0.1, 0.15) is 45.4 Å². The summed E-state index contributed by atoms with van der Waals surface area (Å²) in [6.07, 6.45) is 5.63. The molecule has 0 aromatic rings. The Morgan fingerprint density at radius 2 is 2.29 bits per heavy atom. The van der Waals surface area contributed by atoms with Crippen molar-refractivity contribution in [1.29, 1.82) is 0 Å². The monoisotopic (exact) mass is 242 g/mol. The highest BCUT2D eigenvalue weighted by Gasteiger charge is 2.15. The fraction of sp³-hybridized carbons (Fsp3) is 0.923. The van der Waals surface area contributed by atoms with E-state index in [2.05, 4.69) is 5.32 Å². The zero-order chi connectivity index (χ0) is 12.7. The molecule has 1 aliphatic rings. The third kappa shape index (κ3) is 6.03. The summed E-state index contributed by atoms with van der Waals surface area (Å²) in [5, 5.41) is 12.6. The average molecular weight is 242 g/mol. The Morgan fingerprint density at radius 1 is 1.53 bits per heavy atom. The first-order chi connectivity index (χ1) is 8.09. The summed E-state index contributed by atoms with van der Waals surface area (Å²) >= 11 is 0. The summed E-state index contributed by atoms with van der Waals surface area (Å²) in [7, 11) is 1.82. The fourth-order valence-corrected chi connectivity index (χ4v) is 2.16. The maximum Gasteiger partial charge on any atom is 0.222 e. The maximum absolute atomic E-state index is 11.8. The van der Waals surface area contributed by atoms with Crippen molar-refractivity contribution in [2.24, 2.45) is 0 Å². The van der Waals surface area contributed by atoms with E-state index in [9.17, 15) is 4.79 Å². The van der Waals surface area contributed by atoms with Crippen LogP contribution in [-0.4, -0.2) is 48.2 Å². The van der Waals surface area contributed by atoms with Gasteiger partial charge in [-0.1, -0.05) is 6.42 Å². The van der Waals surface area contributed by atoms with Crippen molar-refractivity contribution < 1.29 is 9.90 Å². The van der Waals surface area contributed by atoms with Gasteiger partial charge in [0.2, 0.25) is 5.91 Å². The van der Waals surface area contributed by atoms with E-state index in [4.69, 9.17) is 5.11 Å². The minimum atomic E-state index is -0.328. The lowest BCUT2D eigenvalue weighted by molar-refractivity contribution is -0.130. The first-order valence-corrected chi connectivity index (χ1v) is 6.75. The Balaban J connectivity index is 2.14. The van der Waals surface area contributed by atoms with Gasteiger partial charge < -0.3 is 15.3 Å². The van der Waals surface area contributed by atoms with Crippen LogP contribution in [-0.2, 0) is 4.79 Å². The Kier molecular flexibility index (Phi) is 6.52. The summed E-state index contributed by atoms with van der Waals surface area (Å²) < 4.78 is 0. The highest BCUT2D eigenvalue weighted by molar-refractivity contribution is 5.75. The molecular weight excluding hydrogens is 216 g/mol. The predicted molar refractivity (Wildman–Crippen MR) is 68.8 cm³/mol. The molecule has 1 aliphatic heterocycles. The number of aliphatic hydroxyl groups excluding tert-OH is 1. The highest BCUT2D eigenvalue weighted by atomic mass is 16.3. The van der Waals surface area contributed by atoms with Crippen molar-refractivity contribution in [2.75, 3.05) is 20.1 Å². The second-order valence-electron chi connectivity index (χ2n) is 5.14. The number of carbonyl (C=O) groups excluding carboxylic acids is 1. The topological polar surface area (TPSA) is 52.6 Å². The molecule has 0 saturated carbocycles. The van der Waals surface area contributed by atoms with Gasteiger partial charge in [0.15, 0.2) is 0 Å². The molecule has 1 amide bonds. The number of piperidine rings is 1. The van der Waals surface area contributed by atoms with Crippen molar-refractivity contribution in [3.05, 3.63) is 0 Å². The van der Waals surface area contributed by atoms with Crippen LogP contribution in [0.15, 0.2) is 0 Å². The van der Waals surface area contributed by atoms with E-state index in [0.717, 1.165) is 13.0 Å². The summed E-state index contributed by atoms with van der Waals surface area (Å²) in [5.74, 6) is 0.193. The molecule has 0 spiro atoms. The van der Waals surface area contributed by atoms with Crippen molar-refractivity contribution in [2.45, 2.75) is 57.6 Å². The molecule has 0 aromatic heterocycles. The fourth-order valence-electron chi connectivity index (χ4n) is 2.16. The number of aliphatic hydroxyl groups is 1.